The smallest absolute Gasteiger partial charge is 0.185 e. The van der Waals surface area contributed by atoms with Crippen LogP contribution in [0.25, 0.3) is 0 Å². The predicted octanol–water partition coefficient (Wildman–Crippen LogP) is 1.80. The lowest BCUT2D eigenvalue weighted by atomic mass is 10.0. The maximum Gasteiger partial charge on any atom is 0.185 e. The van der Waals surface area contributed by atoms with E-state index in [2.05, 4.69) is 4.98 Å². The van der Waals surface area contributed by atoms with Crippen molar-refractivity contribution in [3.63, 3.8) is 0 Å². The van der Waals surface area contributed by atoms with Gasteiger partial charge in [-0.3, -0.25) is 4.79 Å². The van der Waals surface area contributed by atoms with E-state index in [1.54, 1.807) is 6.07 Å². The van der Waals surface area contributed by atoms with Crippen molar-refractivity contribution in [1.29, 1.82) is 0 Å². The van der Waals surface area contributed by atoms with Crippen LogP contribution in [0.1, 0.15) is 25.0 Å². The highest BCUT2D eigenvalue weighted by Crippen LogP contribution is 2.21. The van der Waals surface area contributed by atoms with Crippen LogP contribution in [0.4, 0.5) is 0 Å². The molecule has 6 heteroatoms. The second kappa shape index (κ2) is 6.96. The Hall–Kier alpha value is -0.620. The quantitative estimate of drug-likeness (QED) is 0.802. The highest BCUT2D eigenvalue weighted by molar-refractivity contribution is 8.13. The summed E-state index contributed by atoms with van der Waals surface area (Å²) in [6.45, 7) is 1.47. The molecule has 0 saturated heterocycles. The van der Waals surface area contributed by atoms with Crippen molar-refractivity contribution in [1.82, 2.24) is 4.98 Å². The lowest BCUT2D eigenvalue weighted by Crippen LogP contribution is -2.19. The fraction of sp³-hybridized carbons (Fsp3) is 0.455. The number of pyridine rings is 1. The normalized spacial score (nSPS) is 14.4. The summed E-state index contributed by atoms with van der Waals surface area (Å²) in [6, 6.07) is 3.10. The molecule has 0 spiro atoms. The summed E-state index contributed by atoms with van der Waals surface area (Å²) in [7, 11) is 0. The van der Waals surface area contributed by atoms with E-state index in [-0.39, 0.29) is 10.3 Å². The van der Waals surface area contributed by atoms with E-state index in [0.717, 1.165) is 11.8 Å². The van der Waals surface area contributed by atoms with Crippen LogP contribution in [-0.2, 0) is 4.79 Å². The van der Waals surface area contributed by atoms with Crippen LogP contribution >= 0.6 is 23.4 Å². The number of rotatable bonds is 5. The SMILES string of the molecule is CC(=O)SCCC(O)C(O)c1ccnc(Cl)c1. The molecule has 0 bridgehead atoms. The van der Waals surface area contributed by atoms with Crippen molar-refractivity contribution in [2.45, 2.75) is 25.6 Å². The number of carbonyl (C=O) groups excluding carboxylic acids is 1. The molecule has 2 unspecified atom stereocenters. The van der Waals surface area contributed by atoms with Gasteiger partial charge in [0.15, 0.2) is 5.12 Å². The number of thioether (sulfide) groups is 1. The standard InChI is InChI=1S/C11H14ClNO3S/c1-7(14)17-5-3-9(15)11(16)8-2-4-13-10(12)6-8/h2,4,6,9,11,15-16H,3,5H2,1H3. The van der Waals surface area contributed by atoms with E-state index in [0.29, 0.717) is 17.7 Å². The monoisotopic (exact) mass is 275 g/mol. The molecule has 2 N–H and O–H groups in total. The molecule has 0 amide bonds. The van der Waals surface area contributed by atoms with Crippen LogP contribution in [0.3, 0.4) is 0 Å². The Morgan fingerprint density at radius 1 is 1.59 bits per heavy atom. The van der Waals surface area contributed by atoms with Crippen molar-refractivity contribution in [2.75, 3.05) is 5.75 Å². The highest BCUT2D eigenvalue weighted by atomic mass is 35.5. The van der Waals surface area contributed by atoms with Crippen LogP contribution < -0.4 is 0 Å². The van der Waals surface area contributed by atoms with Gasteiger partial charge in [0.2, 0.25) is 0 Å². The van der Waals surface area contributed by atoms with Crippen LogP contribution in [0.15, 0.2) is 18.3 Å². The molecular weight excluding hydrogens is 262 g/mol. The first kappa shape index (κ1) is 14.4. The third kappa shape index (κ3) is 5.04. The molecular formula is C11H14ClNO3S. The Morgan fingerprint density at radius 3 is 2.88 bits per heavy atom. The van der Waals surface area contributed by atoms with E-state index in [4.69, 9.17) is 11.6 Å². The minimum absolute atomic E-state index is 0.00125. The van der Waals surface area contributed by atoms with Crippen LogP contribution in [0.2, 0.25) is 5.15 Å². The van der Waals surface area contributed by atoms with Crippen molar-refractivity contribution in [3.8, 4) is 0 Å². The van der Waals surface area contributed by atoms with Gasteiger partial charge in [-0.2, -0.15) is 0 Å². The van der Waals surface area contributed by atoms with Gasteiger partial charge in [0, 0.05) is 18.9 Å². The first-order valence-electron chi connectivity index (χ1n) is 5.11. The van der Waals surface area contributed by atoms with Gasteiger partial charge in [-0.1, -0.05) is 23.4 Å². The molecule has 94 valence electrons. The lowest BCUT2D eigenvalue weighted by Gasteiger charge is -2.17. The lowest BCUT2D eigenvalue weighted by molar-refractivity contribution is -0.109. The predicted molar refractivity (Wildman–Crippen MR) is 68.0 cm³/mol. The number of aromatic nitrogens is 1. The van der Waals surface area contributed by atoms with Crippen LogP contribution in [-0.4, -0.2) is 32.2 Å². The minimum atomic E-state index is -1.01. The molecule has 0 aromatic carbocycles. The summed E-state index contributed by atoms with van der Waals surface area (Å²) in [5.41, 5.74) is 0.519. The van der Waals surface area contributed by atoms with E-state index < -0.39 is 12.2 Å². The highest BCUT2D eigenvalue weighted by Gasteiger charge is 2.18. The average molecular weight is 276 g/mol. The molecule has 1 heterocycles. The minimum Gasteiger partial charge on any atom is -0.390 e. The maximum absolute atomic E-state index is 10.7. The fourth-order valence-corrected chi connectivity index (χ4v) is 2.13. The van der Waals surface area contributed by atoms with E-state index in [9.17, 15) is 15.0 Å². The fourth-order valence-electron chi connectivity index (χ4n) is 1.30. The molecule has 0 aliphatic heterocycles. The Kier molecular flexibility index (Phi) is 5.91. The molecule has 0 aliphatic carbocycles. The summed E-state index contributed by atoms with van der Waals surface area (Å²) >= 11 is 6.81. The van der Waals surface area contributed by atoms with Crippen molar-refractivity contribution >= 4 is 28.5 Å². The van der Waals surface area contributed by atoms with Gasteiger partial charge in [-0.25, -0.2) is 4.98 Å². The first-order chi connectivity index (χ1) is 8.00. The topological polar surface area (TPSA) is 70.4 Å². The number of aliphatic hydroxyl groups excluding tert-OH is 2. The number of hydrogen-bond donors (Lipinski definition) is 2. The first-order valence-corrected chi connectivity index (χ1v) is 6.48. The molecule has 4 nitrogen and oxygen atoms in total. The van der Waals surface area contributed by atoms with Gasteiger partial charge in [-0.15, -0.1) is 0 Å². The zero-order chi connectivity index (χ0) is 12.8. The third-order valence-corrected chi connectivity index (χ3v) is 3.23. The molecule has 1 aromatic rings. The van der Waals surface area contributed by atoms with Gasteiger partial charge in [0.25, 0.3) is 0 Å². The summed E-state index contributed by atoms with van der Waals surface area (Å²) in [4.78, 5) is 14.5. The molecule has 0 radical (unpaired) electrons. The van der Waals surface area contributed by atoms with Gasteiger partial charge in [0.1, 0.15) is 11.3 Å². The van der Waals surface area contributed by atoms with Gasteiger partial charge in [-0.05, 0) is 24.1 Å². The number of hydrogen-bond acceptors (Lipinski definition) is 5. The molecule has 0 saturated carbocycles. The van der Waals surface area contributed by atoms with Crippen LogP contribution in [0.5, 0.6) is 0 Å². The number of halogens is 1. The van der Waals surface area contributed by atoms with Crippen LogP contribution in [0, 0.1) is 0 Å². The summed E-state index contributed by atoms with van der Waals surface area (Å²) in [6.07, 6.45) is -0.119. The zero-order valence-corrected chi connectivity index (χ0v) is 10.9. The van der Waals surface area contributed by atoms with Gasteiger partial charge in [0.05, 0.1) is 6.10 Å². The second-order valence-electron chi connectivity index (χ2n) is 3.55. The molecule has 1 rings (SSSR count). The Balaban J connectivity index is 2.51. The molecule has 1 aromatic heterocycles. The number of aliphatic hydroxyl groups is 2. The summed E-state index contributed by atoms with van der Waals surface area (Å²) < 4.78 is 0. The second-order valence-corrected chi connectivity index (χ2v) is 5.21. The van der Waals surface area contributed by atoms with E-state index >= 15 is 0 Å². The Bertz CT molecular complexity index is 389. The maximum atomic E-state index is 10.7. The number of carbonyl (C=O) groups is 1. The Labute approximate surface area is 109 Å². The third-order valence-electron chi connectivity index (χ3n) is 2.18. The zero-order valence-electron chi connectivity index (χ0n) is 9.34. The van der Waals surface area contributed by atoms with Gasteiger partial charge >= 0.3 is 0 Å². The molecule has 17 heavy (non-hydrogen) atoms. The summed E-state index contributed by atoms with van der Waals surface area (Å²) in [5, 5.41) is 19.9. The van der Waals surface area contributed by atoms with E-state index in [1.165, 1.54) is 19.2 Å². The summed E-state index contributed by atoms with van der Waals surface area (Å²) in [5.74, 6) is 0.479. The molecule has 2 atom stereocenters. The molecule has 0 fully saturated rings. The van der Waals surface area contributed by atoms with E-state index in [1.807, 2.05) is 0 Å². The average Bonchev–Trinajstić information content (AvgIpc) is 2.27. The van der Waals surface area contributed by atoms with Crippen molar-refractivity contribution in [2.24, 2.45) is 0 Å². The van der Waals surface area contributed by atoms with Crippen molar-refractivity contribution in [3.05, 3.63) is 29.0 Å². The Morgan fingerprint density at radius 2 is 2.29 bits per heavy atom. The number of nitrogens with zero attached hydrogens (tertiary/aromatic N) is 1. The molecule has 0 aliphatic rings. The van der Waals surface area contributed by atoms with Crippen molar-refractivity contribution < 1.29 is 15.0 Å². The largest absolute Gasteiger partial charge is 0.390 e. The van der Waals surface area contributed by atoms with Gasteiger partial charge < -0.3 is 10.2 Å².